The summed E-state index contributed by atoms with van der Waals surface area (Å²) in [5.74, 6) is -2.27. The first-order chi connectivity index (χ1) is 8.36. The minimum atomic E-state index is -3.25. The lowest BCUT2D eigenvalue weighted by molar-refractivity contribution is -0.387. The Balaban J connectivity index is 3.38. The van der Waals surface area contributed by atoms with Gasteiger partial charge in [0.1, 0.15) is 11.3 Å². The van der Waals surface area contributed by atoms with Crippen LogP contribution in [0.15, 0.2) is 6.07 Å². The van der Waals surface area contributed by atoms with Gasteiger partial charge in [-0.1, -0.05) is 0 Å². The number of pyridine rings is 1. The molecule has 1 heterocycles. The largest absolute Gasteiger partial charge is 0.469 e. The van der Waals surface area contributed by atoms with Crippen LogP contribution in [-0.4, -0.2) is 23.0 Å². The molecule has 1 rings (SSSR count). The second-order valence-electron chi connectivity index (χ2n) is 3.14. The van der Waals surface area contributed by atoms with E-state index in [1.54, 1.807) is 0 Å². The van der Waals surface area contributed by atoms with Crippen LogP contribution in [0.5, 0.6) is 0 Å². The number of ether oxygens (including phenoxy) is 1. The second-order valence-corrected chi connectivity index (χ2v) is 3.14. The van der Waals surface area contributed by atoms with E-state index in [1.807, 2.05) is 0 Å². The molecule has 0 radical (unpaired) electrons. The Bertz CT molecular complexity index is 493. The number of esters is 1. The van der Waals surface area contributed by atoms with Gasteiger partial charge in [0.2, 0.25) is 5.95 Å². The van der Waals surface area contributed by atoms with Crippen LogP contribution < -0.4 is 0 Å². The van der Waals surface area contributed by atoms with Gasteiger partial charge in [-0.3, -0.25) is 14.9 Å². The SMILES string of the molecule is COC(=O)Cc1nc(F)cc(C(F)F)c1[N+](=O)[O-]. The summed E-state index contributed by atoms with van der Waals surface area (Å²) in [6, 6.07) is 0.267. The lowest BCUT2D eigenvalue weighted by atomic mass is 10.1. The summed E-state index contributed by atoms with van der Waals surface area (Å²) < 4.78 is 42.3. The minimum Gasteiger partial charge on any atom is -0.469 e. The Morgan fingerprint density at radius 1 is 1.61 bits per heavy atom. The van der Waals surface area contributed by atoms with Crippen molar-refractivity contribution < 1.29 is 27.6 Å². The van der Waals surface area contributed by atoms with Crippen molar-refractivity contribution in [3.05, 3.63) is 33.4 Å². The number of nitro groups is 1. The number of nitrogens with zero attached hydrogens (tertiary/aromatic N) is 2. The molecule has 18 heavy (non-hydrogen) atoms. The van der Waals surface area contributed by atoms with Crippen molar-refractivity contribution >= 4 is 11.7 Å². The smallest absolute Gasteiger partial charge is 0.311 e. The molecule has 0 aliphatic rings. The first-order valence-electron chi connectivity index (χ1n) is 4.55. The standard InChI is InChI=1S/C9H7F3N2O4/c1-18-7(15)3-5-8(14(16)17)4(9(11)12)2-6(10)13-5/h2,9H,3H2,1H3. The third kappa shape index (κ3) is 2.93. The molecule has 0 bridgehead atoms. The van der Waals surface area contributed by atoms with Crippen molar-refractivity contribution in [2.45, 2.75) is 12.8 Å². The van der Waals surface area contributed by atoms with Gasteiger partial charge in [-0.2, -0.15) is 4.39 Å². The lowest BCUT2D eigenvalue weighted by Gasteiger charge is -2.06. The van der Waals surface area contributed by atoms with Crippen molar-refractivity contribution in [3.63, 3.8) is 0 Å². The summed E-state index contributed by atoms with van der Waals surface area (Å²) in [5, 5.41) is 10.7. The molecule has 0 unspecified atom stereocenters. The number of hydrogen-bond acceptors (Lipinski definition) is 5. The zero-order valence-corrected chi connectivity index (χ0v) is 9.02. The van der Waals surface area contributed by atoms with E-state index in [0.717, 1.165) is 7.11 Å². The Labute approximate surface area is 98.5 Å². The highest BCUT2D eigenvalue weighted by molar-refractivity contribution is 5.73. The van der Waals surface area contributed by atoms with E-state index in [0.29, 0.717) is 0 Å². The molecule has 0 N–H and O–H groups in total. The third-order valence-electron chi connectivity index (χ3n) is 2.02. The van der Waals surface area contributed by atoms with E-state index in [1.165, 1.54) is 0 Å². The summed E-state index contributed by atoms with van der Waals surface area (Å²) >= 11 is 0. The van der Waals surface area contributed by atoms with E-state index < -0.39 is 46.6 Å². The second kappa shape index (κ2) is 5.43. The molecule has 98 valence electrons. The van der Waals surface area contributed by atoms with E-state index in [2.05, 4.69) is 9.72 Å². The average Bonchev–Trinajstić information content (AvgIpc) is 2.27. The predicted octanol–water partition coefficient (Wildman–Crippen LogP) is 1.78. The fourth-order valence-electron chi connectivity index (χ4n) is 1.29. The predicted molar refractivity (Wildman–Crippen MR) is 51.5 cm³/mol. The summed E-state index contributed by atoms with van der Waals surface area (Å²) in [6.45, 7) is 0. The van der Waals surface area contributed by atoms with Gasteiger partial charge in [-0.15, -0.1) is 0 Å². The zero-order valence-electron chi connectivity index (χ0n) is 9.02. The van der Waals surface area contributed by atoms with Gasteiger partial charge in [-0.05, 0) is 0 Å². The number of carbonyl (C=O) groups excluding carboxylic acids is 1. The summed E-state index contributed by atoms with van der Waals surface area (Å²) in [5.41, 5.74) is -2.88. The number of alkyl halides is 2. The lowest BCUT2D eigenvalue weighted by Crippen LogP contribution is -2.11. The maximum absolute atomic E-state index is 13.0. The summed E-state index contributed by atoms with van der Waals surface area (Å²) in [4.78, 5) is 23.6. The highest BCUT2D eigenvalue weighted by Crippen LogP contribution is 2.31. The molecule has 0 saturated carbocycles. The molecule has 1 aromatic rings. The van der Waals surface area contributed by atoms with Gasteiger partial charge in [0.15, 0.2) is 0 Å². The molecule has 0 amide bonds. The third-order valence-corrected chi connectivity index (χ3v) is 2.02. The fourth-order valence-corrected chi connectivity index (χ4v) is 1.29. The van der Waals surface area contributed by atoms with Crippen molar-refractivity contribution in [3.8, 4) is 0 Å². The maximum Gasteiger partial charge on any atom is 0.311 e. The molecule has 0 aliphatic heterocycles. The van der Waals surface area contributed by atoms with Crippen molar-refractivity contribution in [2.75, 3.05) is 7.11 Å². The molecule has 0 atom stereocenters. The van der Waals surface area contributed by atoms with Crippen LogP contribution in [0.4, 0.5) is 18.9 Å². The zero-order chi connectivity index (χ0) is 13.9. The van der Waals surface area contributed by atoms with Crippen LogP contribution in [0.3, 0.4) is 0 Å². The molecule has 0 aliphatic carbocycles. The number of methoxy groups -OCH3 is 1. The molecular formula is C9H7F3N2O4. The number of halogens is 3. The monoisotopic (exact) mass is 264 g/mol. The average molecular weight is 264 g/mol. The van der Waals surface area contributed by atoms with E-state index in [9.17, 15) is 28.1 Å². The normalized spacial score (nSPS) is 10.5. The molecule has 0 saturated heterocycles. The van der Waals surface area contributed by atoms with Gasteiger partial charge in [0.05, 0.1) is 18.5 Å². The topological polar surface area (TPSA) is 82.3 Å². The van der Waals surface area contributed by atoms with Crippen LogP contribution >= 0.6 is 0 Å². The quantitative estimate of drug-likeness (QED) is 0.358. The maximum atomic E-state index is 13.0. The summed E-state index contributed by atoms with van der Waals surface area (Å²) in [6.07, 6.45) is -4.01. The van der Waals surface area contributed by atoms with E-state index in [4.69, 9.17) is 0 Å². The van der Waals surface area contributed by atoms with Gasteiger partial charge < -0.3 is 4.74 Å². The number of aromatic nitrogens is 1. The van der Waals surface area contributed by atoms with Gasteiger partial charge in [-0.25, -0.2) is 13.8 Å². The number of rotatable bonds is 4. The first kappa shape index (κ1) is 13.9. The van der Waals surface area contributed by atoms with E-state index in [-0.39, 0.29) is 6.07 Å². The Hall–Kier alpha value is -2.19. The van der Waals surface area contributed by atoms with Crippen LogP contribution in [0, 0.1) is 16.1 Å². The number of carbonyl (C=O) groups is 1. The first-order valence-corrected chi connectivity index (χ1v) is 4.55. The van der Waals surface area contributed by atoms with Crippen molar-refractivity contribution in [1.29, 1.82) is 0 Å². The summed E-state index contributed by atoms with van der Waals surface area (Å²) in [7, 11) is 1.00. The van der Waals surface area contributed by atoms with Gasteiger partial charge in [0.25, 0.3) is 12.1 Å². The van der Waals surface area contributed by atoms with Crippen molar-refractivity contribution in [1.82, 2.24) is 4.98 Å². The fraction of sp³-hybridized carbons (Fsp3) is 0.333. The van der Waals surface area contributed by atoms with Crippen LogP contribution in [-0.2, 0) is 16.0 Å². The van der Waals surface area contributed by atoms with Crippen LogP contribution in [0.1, 0.15) is 17.7 Å². The molecular weight excluding hydrogens is 257 g/mol. The highest BCUT2D eigenvalue weighted by Gasteiger charge is 2.29. The minimum absolute atomic E-state index is 0.267. The van der Waals surface area contributed by atoms with Crippen LogP contribution in [0.2, 0.25) is 0 Å². The molecule has 9 heteroatoms. The van der Waals surface area contributed by atoms with Gasteiger partial charge in [0, 0.05) is 6.07 Å². The molecule has 0 fully saturated rings. The molecule has 6 nitrogen and oxygen atoms in total. The van der Waals surface area contributed by atoms with Crippen LogP contribution in [0.25, 0.3) is 0 Å². The highest BCUT2D eigenvalue weighted by atomic mass is 19.3. The molecule has 0 aromatic carbocycles. The Morgan fingerprint density at radius 2 is 2.22 bits per heavy atom. The van der Waals surface area contributed by atoms with Gasteiger partial charge >= 0.3 is 5.97 Å². The Kier molecular flexibility index (Phi) is 4.18. The number of hydrogen-bond donors (Lipinski definition) is 0. The van der Waals surface area contributed by atoms with Crippen molar-refractivity contribution in [2.24, 2.45) is 0 Å². The van der Waals surface area contributed by atoms with E-state index >= 15 is 0 Å². The molecule has 0 spiro atoms. The Morgan fingerprint density at radius 3 is 2.67 bits per heavy atom. The molecule has 1 aromatic heterocycles.